The lowest BCUT2D eigenvalue weighted by Crippen LogP contribution is -2.32. The van der Waals surface area contributed by atoms with Crippen molar-refractivity contribution >= 4 is 0 Å². The molecule has 0 amide bonds. The summed E-state index contributed by atoms with van der Waals surface area (Å²) in [5.74, 6) is 6.23. The van der Waals surface area contributed by atoms with E-state index in [1.807, 2.05) is 12.3 Å². The van der Waals surface area contributed by atoms with Crippen molar-refractivity contribution < 1.29 is 0 Å². The molecule has 3 N–H and O–H groups in total. The van der Waals surface area contributed by atoms with Crippen LogP contribution in [0.3, 0.4) is 0 Å². The van der Waals surface area contributed by atoms with Crippen LogP contribution in [0.4, 0.5) is 0 Å². The predicted molar refractivity (Wildman–Crippen MR) is 81.3 cm³/mol. The van der Waals surface area contributed by atoms with Crippen LogP contribution in [-0.4, -0.2) is 4.98 Å². The molecule has 104 valence electrons. The van der Waals surface area contributed by atoms with Crippen LogP contribution in [-0.2, 0) is 6.42 Å². The fraction of sp³-hybridized carbons (Fsp3) is 0.353. The van der Waals surface area contributed by atoms with Gasteiger partial charge in [0.2, 0.25) is 0 Å². The minimum atomic E-state index is 0.131. The number of nitrogens with one attached hydrogen (secondary N) is 1. The zero-order valence-corrected chi connectivity index (χ0v) is 12.1. The first-order valence-electron chi connectivity index (χ1n) is 7.18. The molecule has 3 rings (SSSR count). The maximum absolute atomic E-state index is 5.87. The molecule has 0 bridgehead atoms. The Kier molecular flexibility index (Phi) is 3.55. The Bertz CT molecular complexity index is 621. The van der Waals surface area contributed by atoms with Gasteiger partial charge in [0, 0.05) is 17.8 Å². The topological polar surface area (TPSA) is 50.9 Å². The molecule has 0 radical (unpaired) electrons. The first-order chi connectivity index (χ1) is 9.70. The SMILES string of the molecule is Cc1ccc(C(NN)C2CCc3cccnc32)c(C)c1. The van der Waals surface area contributed by atoms with Gasteiger partial charge in [-0.15, -0.1) is 0 Å². The molecule has 1 aliphatic rings. The van der Waals surface area contributed by atoms with Crippen LogP contribution < -0.4 is 11.3 Å². The highest BCUT2D eigenvalue weighted by Gasteiger charge is 2.31. The summed E-state index contributed by atoms with van der Waals surface area (Å²) in [6.07, 6.45) is 4.08. The average Bonchev–Trinajstić information content (AvgIpc) is 2.86. The van der Waals surface area contributed by atoms with Crippen LogP contribution >= 0.6 is 0 Å². The molecule has 1 aromatic heterocycles. The average molecular weight is 267 g/mol. The zero-order chi connectivity index (χ0) is 14.1. The van der Waals surface area contributed by atoms with Crippen molar-refractivity contribution in [2.24, 2.45) is 5.84 Å². The van der Waals surface area contributed by atoms with Gasteiger partial charge in [-0.1, -0.05) is 29.8 Å². The van der Waals surface area contributed by atoms with Crippen molar-refractivity contribution in [1.82, 2.24) is 10.4 Å². The van der Waals surface area contributed by atoms with E-state index in [0.717, 1.165) is 12.8 Å². The van der Waals surface area contributed by atoms with Crippen molar-refractivity contribution in [1.29, 1.82) is 0 Å². The van der Waals surface area contributed by atoms with E-state index in [1.54, 1.807) is 0 Å². The van der Waals surface area contributed by atoms with Gasteiger partial charge in [0.15, 0.2) is 0 Å². The van der Waals surface area contributed by atoms with Gasteiger partial charge in [0.25, 0.3) is 0 Å². The van der Waals surface area contributed by atoms with Crippen molar-refractivity contribution in [2.45, 2.75) is 38.6 Å². The molecule has 2 atom stereocenters. The molecule has 1 heterocycles. The summed E-state index contributed by atoms with van der Waals surface area (Å²) in [5, 5.41) is 0. The number of pyridine rings is 1. The Morgan fingerprint density at radius 1 is 1.30 bits per heavy atom. The highest BCUT2D eigenvalue weighted by atomic mass is 15.2. The molecule has 3 heteroatoms. The van der Waals surface area contributed by atoms with Crippen LogP contribution in [0.25, 0.3) is 0 Å². The Morgan fingerprint density at radius 2 is 2.15 bits per heavy atom. The first kappa shape index (κ1) is 13.3. The van der Waals surface area contributed by atoms with Crippen LogP contribution in [0.15, 0.2) is 36.5 Å². The van der Waals surface area contributed by atoms with Crippen molar-refractivity contribution in [3.63, 3.8) is 0 Å². The number of hydrogen-bond acceptors (Lipinski definition) is 3. The summed E-state index contributed by atoms with van der Waals surface area (Å²) >= 11 is 0. The van der Waals surface area contributed by atoms with E-state index in [9.17, 15) is 0 Å². The number of fused-ring (bicyclic) bond motifs is 1. The molecule has 2 unspecified atom stereocenters. The monoisotopic (exact) mass is 267 g/mol. The third kappa shape index (κ3) is 2.23. The van der Waals surface area contributed by atoms with Crippen LogP contribution in [0, 0.1) is 13.8 Å². The Balaban J connectivity index is 1.99. The van der Waals surface area contributed by atoms with Gasteiger partial charge in [-0.05, 0) is 49.4 Å². The standard InChI is InChI=1S/C17H21N3/c1-11-5-7-14(12(2)10-11)17(20-18)15-8-6-13-4-3-9-19-16(13)15/h3-5,7,9-10,15,17,20H,6,8,18H2,1-2H3. The molecule has 2 aromatic rings. The highest BCUT2D eigenvalue weighted by molar-refractivity contribution is 5.38. The van der Waals surface area contributed by atoms with Crippen LogP contribution in [0.2, 0.25) is 0 Å². The minimum Gasteiger partial charge on any atom is -0.271 e. The Hall–Kier alpha value is -1.71. The summed E-state index contributed by atoms with van der Waals surface area (Å²) in [7, 11) is 0. The van der Waals surface area contributed by atoms with Gasteiger partial charge in [-0.2, -0.15) is 0 Å². The summed E-state index contributed by atoms with van der Waals surface area (Å²) in [6.45, 7) is 4.27. The summed E-state index contributed by atoms with van der Waals surface area (Å²) in [5.41, 5.74) is 9.44. The maximum atomic E-state index is 5.87. The van der Waals surface area contributed by atoms with Crippen molar-refractivity contribution in [2.75, 3.05) is 0 Å². The number of benzene rings is 1. The zero-order valence-electron chi connectivity index (χ0n) is 12.1. The molecule has 3 nitrogen and oxygen atoms in total. The van der Waals surface area contributed by atoms with E-state index >= 15 is 0 Å². The fourth-order valence-electron chi connectivity index (χ4n) is 3.37. The normalized spacial score (nSPS) is 18.9. The third-order valence-corrected chi connectivity index (χ3v) is 4.34. The highest BCUT2D eigenvalue weighted by Crippen LogP contribution is 2.40. The van der Waals surface area contributed by atoms with Gasteiger partial charge >= 0.3 is 0 Å². The number of nitrogens with two attached hydrogens (primary N) is 1. The fourth-order valence-corrected chi connectivity index (χ4v) is 3.37. The molecular formula is C17H21N3. The molecule has 1 aromatic carbocycles. The second-order valence-corrected chi connectivity index (χ2v) is 5.70. The number of nitrogens with zero attached hydrogens (tertiary/aromatic N) is 1. The lowest BCUT2D eigenvalue weighted by Gasteiger charge is -2.25. The summed E-state index contributed by atoms with van der Waals surface area (Å²) in [6, 6.07) is 10.9. The molecule has 20 heavy (non-hydrogen) atoms. The van der Waals surface area contributed by atoms with E-state index in [0.29, 0.717) is 5.92 Å². The van der Waals surface area contributed by atoms with E-state index in [1.165, 1.54) is 27.9 Å². The van der Waals surface area contributed by atoms with Gasteiger partial charge in [0.05, 0.1) is 6.04 Å². The molecule has 0 spiro atoms. The Morgan fingerprint density at radius 3 is 2.90 bits per heavy atom. The molecule has 0 saturated carbocycles. The molecule has 1 aliphatic carbocycles. The van der Waals surface area contributed by atoms with Crippen LogP contribution in [0.1, 0.15) is 46.3 Å². The molecule has 0 saturated heterocycles. The largest absolute Gasteiger partial charge is 0.271 e. The van der Waals surface area contributed by atoms with E-state index in [-0.39, 0.29) is 6.04 Å². The van der Waals surface area contributed by atoms with Crippen molar-refractivity contribution in [3.8, 4) is 0 Å². The lowest BCUT2D eigenvalue weighted by molar-refractivity contribution is 0.445. The van der Waals surface area contributed by atoms with Gasteiger partial charge in [0.1, 0.15) is 0 Å². The maximum Gasteiger partial charge on any atom is 0.0546 e. The van der Waals surface area contributed by atoms with E-state index < -0.39 is 0 Å². The minimum absolute atomic E-state index is 0.131. The molecule has 0 fully saturated rings. The van der Waals surface area contributed by atoms with E-state index in [4.69, 9.17) is 5.84 Å². The lowest BCUT2D eigenvalue weighted by atomic mass is 9.88. The van der Waals surface area contributed by atoms with Gasteiger partial charge < -0.3 is 0 Å². The molecular weight excluding hydrogens is 246 g/mol. The second-order valence-electron chi connectivity index (χ2n) is 5.70. The van der Waals surface area contributed by atoms with Crippen LogP contribution in [0.5, 0.6) is 0 Å². The first-order valence-corrected chi connectivity index (χ1v) is 7.18. The van der Waals surface area contributed by atoms with Crippen molar-refractivity contribution in [3.05, 3.63) is 64.5 Å². The third-order valence-electron chi connectivity index (χ3n) is 4.34. The number of hydrogen-bond donors (Lipinski definition) is 2. The van der Waals surface area contributed by atoms with Gasteiger partial charge in [-0.25, -0.2) is 0 Å². The number of aromatic nitrogens is 1. The summed E-state index contributed by atoms with van der Waals surface area (Å²) < 4.78 is 0. The summed E-state index contributed by atoms with van der Waals surface area (Å²) in [4.78, 5) is 4.59. The number of aryl methyl sites for hydroxylation is 3. The van der Waals surface area contributed by atoms with Gasteiger partial charge in [-0.3, -0.25) is 16.3 Å². The predicted octanol–water partition coefficient (Wildman–Crippen LogP) is 2.93. The molecule has 0 aliphatic heterocycles. The van der Waals surface area contributed by atoms with E-state index in [2.05, 4.69) is 48.5 Å². The number of hydrazine groups is 1. The second kappa shape index (κ2) is 5.35. The Labute approximate surface area is 120 Å². The number of rotatable bonds is 3. The quantitative estimate of drug-likeness (QED) is 0.664. The smallest absolute Gasteiger partial charge is 0.0546 e.